The maximum atomic E-state index is 6.08. The Hall–Kier alpha value is -1.18. The lowest BCUT2D eigenvalue weighted by atomic mass is 10.2. The molecule has 7 heteroatoms. The molecule has 0 spiro atoms. The zero-order valence-electron chi connectivity index (χ0n) is 12.0. The molecule has 1 atom stereocenters. The highest BCUT2D eigenvalue weighted by molar-refractivity contribution is 7.11. The summed E-state index contributed by atoms with van der Waals surface area (Å²) in [6.07, 6.45) is 0. The molecule has 0 amide bonds. The van der Waals surface area contributed by atoms with Gasteiger partial charge in [0.25, 0.3) is 0 Å². The minimum atomic E-state index is 0.539. The van der Waals surface area contributed by atoms with Crippen molar-refractivity contribution in [1.82, 2.24) is 14.3 Å². The van der Waals surface area contributed by atoms with Crippen LogP contribution in [-0.4, -0.2) is 47.0 Å². The van der Waals surface area contributed by atoms with E-state index < -0.39 is 0 Å². The maximum absolute atomic E-state index is 6.08. The molecule has 3 heterocycles. The first-order valence-corrected chi connectivity index (χ1v) is 8.34. The Labute approximate surface area is 127 Å². The van der Waals surface area contributed by atoms with Gasteiger partial charge >= 0.3 is 0 Å². The average Bonchev–Trinajstić information content (AvgIpc) is 2.99. The van der Waals surface area contributed by atoms with Gasteiger partial charge in [-0.1, -0.05) is 0 Å². The van der Waals surface area contributed by atoms with Gasteiger partial charge in [-0.05, 0) is 32.4 Å². The zero-order chi connectivity index (χ0) is 14.3. The molecular formula is C13H19N5S2. The number of nitrogen functional groups attached to an aromatic ring is 1. The summed E-state index contributed by atoms with van der Waals surface area (Å²) in [6.45, 7) is 7.35. The molecule has 5 nitrogen and oxygen atoms in total. The van der Waals surface area contributed by atoms with Gasteiger partial charge in [0.15, 0.2) is 0 Å². The number of anilines is 2. The number of hydrogen-bond donors (Lipinski definition) is 1. The van der Waals surface area contributed by atoms with Gasteiger partial charge in [-0.15, -0.1) is 11.3 Å². The van der Waals surface area contributed by atoms with Crippen LogP contribution in [0, 0.1) is 6.92 Å². The van der Waals surface area contributed by atoms with Crippen LogP contribution in [0.3, 0.4) is 0 Å². The van der Waals surface area contributed by atoms with Crippen LogP contribution in [-0.2, 0) is 0 Å². The van der Waals surface area contributed by atoms with Crippen molar-refractivity contribution in [3.8, 4) is 11.3 Å². The van der Waals surface area contributed by atoms with Crippen molar-refractivity contribution in [3.63, 3.8) is 0 Å². The summed E-state index contributed by atoms with van der Waals surface area (Å²) in [5.74, 6) is 0.599. The van der Waals surface area contributed by atoms with Crippen molar-refractivity contribution in [1.29, 1.82) is 0 Å². The molecule has 0 saturated carbocycles. The molecule has 108 valence electrons. The summed E-state index contributed by atoms with van der Waals surface area (Å²) in [6, 6.07) is 0.539. The predicted molar refractivity (Wildman–Crippen MR) is 86.7 cm³/mol. The molecule has 20 heavy (non-hydrogen) atoms. The van der Waals surface area contributed by atoms with E-state index in [2.05, 4.69) is 38.5 Å². The minimum absolute atomic E-state index is 0.539. The molecule has 1 saturated heterocycles. The van der Waals surface area contributed by atoms with Crippen molar-refractivity contribution in [2.24, 2.45) is 0 Å². The Morgan fingerprint density at radius 1 is 1.40 bits per heavy atom. The highest BCUT2D eigenvalue weighted by Gasteiger charge is 2.26. The second-order valence-electron chi connectivity index (χ2n) is 5.28. The van der Waals surface area contributed by atoms with Gasteiger partial charge in [0, 0.05) is 31.1 Å². The van der Waals surface area contributed by atoms with Crippen LogP contribution in [0.2, 0.25) is 0 Å². The molecular weight excluding hydrogens is 290 g/mol. The van der Waals surface area contributed by atoms with Crippen LogP contribution in [0.5, 0.6) is 0 Å². The van der Waals surface area contributed by atoms with Crippen LogP contribution in [0.15, 0.2) is 5.38 Å². The van der Waals surface area contributed by atoms with Crippen LogP contribution in [0.4, 0.5) is 10.8 Å². The Kier molecular flexibility index (Phi) is 3.66. The normalized spacial score (nSPS) is 20.6. The molecule has 0 aliphatic carbocycles. The van der Waals surface area contributed by atoms with Gasteiger partial charge in [-0.3, -0.25) is 0 Å². The molecule has 1 fully saturated rings. The highest BCUT2D eigenvalue weighted by atomic mass is 32.1. The van der Waals surface area contributed by atoms with E-state index in [9.17, 15) is 0 Å². The van der Waals surface area contributed by atoms with Crippen molar-refractivity contribution in [3.05, 3.63) is 10.4 Å². The van der Waals surface area contributed by atoms with Crippen LogP contribution < -0.4 is 10.6 Å². The summed E-state index contributed by atoms with van der Waals surface area (Å²) < 4.78 is 4.35. The number of nitrogens with zero attached hydrogens (tertiary/aromatic N) is 4. The fourth-order valence-electron chi connectivity index (χ4n) is 2.46. The molecule has 0 radical (unpaired) electrons. The molecule has 1 aliphatic rings. The summed E-state index contributed by atoms with van der Waals surface area (Å²) in [5, 5.41) is 4.29. The standard InChI is InChI=1S/C13H19N5S2/c1-8-6-18(5-4-17(8)3)13-11(12(14)16-20-13)10-7-19-9(2)15-10/h7-8H,4-6H2,1-3H3,(H2,14,16). The number of thiazole rings is 1. The topological polar surface area (TPSA) is 58.3 Å². The van der Waals surface area contributed by atoms with E-state index in [1.54, 1.807) is 11.3 Å². The zero-order valence-corrected chi connectivity index (χ0v) is 13.6. The minimum Gasteiger partial charge on any atom is -0.382 e. The maximum Gasteiger partial charge on any atom is 0.148 e. The van der Waals surface area contributed by atoms with Gasteiger partial charge in [0.1, 0.15) is 10.8 Å². The third kappa shape index (κ3) is 2.41. The van der Waals surface area contributed by atoms with E-state index in [0.29, 0.717) is 11.9 Å². The summed E-state index contributed by atoms with van der Waals surface area (Å²) >= 11 is 3.14. The van der Waals surface area contributed by atoms with Gasteiger partial charge in [-0.25, -0.2) is 4.98 Å². The van der Waals surface area contributed by atoms with Gasteiger partial charge in [0.05, 0.1) is 16.3 Å². The van der Waals surface area contributed by atoms with E-state index in [4.69, 9.17) is 5.73 Å². The number of hydrogen-bond acceptors (Lipinski definition) is 7. The van der Waals surface area contributed by atoms with E-state index in [0.717, 1.165) is 40.9 Å². The lowest BCUT2D eigenvalue weighted by Crippen LogP contribution is -2.50. The fraction of sp³-hybridized carbons (Fsp3) is 0.538. The number of likely N-dealkylation sites (N-methyl/N-ethyl adjacent to an activating group) is 1. The monoisotopic (exact) mass is 309 g/mol. The molecule has 0 bridgehead atoms. The molecule has 2 aromatic heterocycles. The lowest BCUT2D eigenvalue weighted by molar-refractivity contribution is 0.234. The Morgan fingerprint density at radius 2 is 2.20 bits per heavy atom. The third-order valence-electron chi connectivity index (χ3n) is 3.82. The Bertz CT molecular complexity index is 606. The van der Waals surface area contributed by atoms with Crippen molar-refractivity contribution >= 4 is 33.7 Å². The average molecular weight is 309 g/mol. The molecule has 1 aliphatic heterocycles. The van der Waals surface area contributed by atoms with E-state index in [-0.39, 0.29) is 0 Å². The first kappa shape index (κ1) is 13.8. The van der Waals surface area contributed by atoms with Gasteiger partial charge in [-0.2, -0.15) is 4.37 Å². The number of aromatic nitrogens is 2. The fourth-order valence-corrected chi connectivity index (χ4v) is 3.92. The van der Waals surface area contributed by atoms with E-state index in [1.165, 1.54) is 11.5 Å². The quantitative estimate of drug-likeness (QED) is 0.922. The smallest absolute Gasteiger partial charge is 0.148 e. The van der Waals surface area contributed by atoms with Crippen LogP contribution >= 0.6 is 22.9 Å². The molecule has 1 unspecified atom stereocenters. The van der Waals surface area contributed by atoms with Gasteiger partial charge in [0.2, 0.25) is 0 Å². The van der Waals surface area contributed by atoms with Crippen molar-refractivity contribution in [2.75, 3.05) is 37.3 Å². The van der Waals surface area contributed by atoms with Crippen LogP contribution in [0.25, 0.3) is 11.3 Å². The van der Waals surface area contributed by atoms with Crippen LogP contribution in [0.1, 0.15) is 11.9 Å². The number of aryl methyl sites for hydroxylation is 1. The summed E-state index contributed by atoms with van der Waals surface area (Å²) in [7, 11) is 2.17. The number of nitrogens with two attached hydrogens (primary N) is 1. The second-order valence-corrected chi connectivity index (χ2v) is 7.09. The summed E-state index contributed by atoms with van der Waals surface area (Å²) in [4.78, 5) is 9.35. The molecule has 2 N–H and O–H groups in total. The lowest BCUT2D eigenvalue weighted by Gasteiger charge is -2.38. The first-order chi connectivity index (χ1) is 9.56. The second kappa shape index (κ2) is 5.31. The summed E-state index contributed by atoms with van der Waals surface area (Å²) in [5.41, 5.74) is 8.05. The van der Waals surface area contributed by atoms with Crippen molar-refractivity contribution < 1.29 is 0 Å². The Balaban J connectivity index is 1.95. The Morgan fingerprint density at radius 3 is 2.85 bits per heavy atom. The van der Waals surface area contributed by atoms with Crippen molar-refractivity contribution in [2.45, 2.75) is 19.9 Å². The van der Waals surface area contributed by atoms with E-state index >= 15 is 0 Å². The first-order valence-electron chi connectivity index (χ1n) is 6.69. The van der Waals surface area contributed by atoms with Gasteiger partial charge < -0.3 is 15.5 Å². The number of rotatable bonds is 2. The molecule has 3 rings (SSSR count). The highest BCUT2D eigenvalue weighted by Crippen LogP contribution is 2.40. The molecule has 0 aromatic carbocycles. The SMILES string of the molecule is Cc1nc(-c2c(N)nsc2N2CCN(C)C(C)C2)cs1. The third-order valence-corrected chi connectivity index (χ3v) is 5.52. The van der Waals surface area contributed by atoms with E-state index in [1.807, 2.05) is 6.92 Å². The molecule has 2 aromatic rings. The predicted octanol–water partition coefficient (Wildman–Crippen LogP) is 2.30. The largest absolute Gasteiger partial charge is 0.382 e. The number of piperazine rings is 1.